The molecule has 32 heavy (non-hydrogen) atoms. The van der Waals surface area contributed by atoms with Crippen molar-refractivity contribution in [2.45, 2.75) is 43.4 Å². The Morgan fingerprint density at radius 1 is 0.688 bits per heavy atom. The van der Waals surface area contributed by atoms with E-state index >= 15 is 0 Å². The summed E-state index contributed by atoms with van der Waals surface area (Å²) in [6.45, 7) is 5.99. The van der Waals surface area contributed by atoms with Gasteiger partial charge in [-0.3, -0.25) is 14.5 Å². The summed E-state index contributed by atoms with van der Waals surface area (Å²) >= 11 is 0. The van der Waals surface area contributed by atoms with Crippen LogP contribution in [0.15, 0.2) is 29.2 Å². The van der Waals surface area contributed by atoms with Gasteiger partial charge in [0.25, 0.3) is 0 Å². The van der Waals surface area contributed by atoms with E-state index in [9.17, 15) is 18.0 Å². The van der Waals surface area contributed by atoms with Gasteiger partial charge in [-0.1, -0.05) is 18.6 Å². The van der Waals surface area contributed by atoms with Gasteiger partial charge < -0.3 is 9.80 Å². The fraction of sp³-hybridized carbons (Fsp3) is 0.652. The number of benzene rings is 1. The first-order valence-electron chi connectivity index (χ1n) is 11.8. The molecular weight excluding hydrogens is 428 g/mol. The van der Waals surface area contributed by atoms with E-state index in [1.54, 1.807) is 28.6 Å². The molecule has 3 saturated heterocycles. The zero-order chi connectivity index (χ0) is 22.6. The molecule has 0 bridgehead atoms. The summed E-state index contributed by atoms with van der Waals surface area (Å²) in [6, 6.07) is 6.74. The van der Waals surface area contributed by atoms with Gasteiger partial charge in [-0.2, -0.15) is 4.31 Å². The maximum absolute atomic E-state index is 12.8. The molecule has 0 saturated carbocycles. The first kappa shape index (κ1) is 23.2. The summed E-state index contributed by atoms with van der Waals surface area (Å²) in [5.74, 6) is 0.240. The highest BCUT2D eigenvalue weighted by atomic mass is 32.2. The molecule has 0 aliphatic carbocycles. The Balaban J connectivity index is 1.26. The molecule has 0 aromatic heterocycles. The van der Waals surface area contributed by atoms with Gasteiger partial charge in [0.15, 0.2) is 0 Å². The molecule has 3 aliphatic rings. The topological polar surface area (TPSA) is 81.2 Å². The first-order valence-corrected chi connectivity index (χ1v) is 13.2. The minimum absolute atomic E-state index is 0.0437. The highest BCUT2D eigenvalue weighted by molar-refractivity contribution is 7.89. The van der Waals surface area contributed by atoms with Gasteiger partial charge in [-0.15, -0.1) is 0 Å². The number of hydrogen-bond donors (Lipinski definition) is 0. The standard InChI is InChI=1S/C23H34N4O4S/c28-22(26-16-14-24(15-17-26)19-23(29)25-10-4-5-11-25)18-20-6-8-21(9-7-20)32(30,31)27-12-2-1-3-13-27/h6-9H,1-5,10-19H2. The minimum atomic E-state index is -3.45. The van der Waals surface area contributed by atoms with Crippen molar-refractivity contribution < 1.29 is 18.0 Å². The molecule has 176 valence electrons. The van der Waals surface area contributed by atoms with E-state index in [-0.39, 0.29) is 18.2 Å². The van der Waals surface area contributed by atoms with E-state index < -0.39 is 10.0 Å². The van der Waals surface area contributed by atoms with Crippen molar-refractivity contribution in [1.82, 2.24) is 19.0 Å². The zero-order valence-corrected chi connectivity index (χ0v) is 19.6. The van der Waals surface area contributed by atoms with Gasteiger partial charge in [0.1, 0.15) is 0 Å². The Labute approximate surface area is 191 Å². The van der Waals surface area contributed by atoms with Crippen LogP contribution in [0.3, 0.4) is 0 Å². The molecular formula is C23H34N4O4S. The zero-order valence-electron chi connectivity index (χ0n) is 18.7. The van der Waals surface area contributed by atoms with Crippen LogP contribution in [0.4, 0.5) is 0 Å². The third kappa shape index (κ3) is 5.50. The molecule has 1 aromatic carbocycles. The quantitative estimate of drug-likeness (QED) is 0.634. The smallest absolute Gasteiger partial charge is 0.243 e. The van der Waals surface area contributed by atoms with Crippen molar-refractivity contribution in [3.63, 3.8) is 0 Å². The number of carbonyl (C=O) groups is 2. The van der Waals surface area contributed by atoms with Gasteiger partial charge in [0.2, 0.25) is 21.8 Å². The van der Waals surface area contributed by atoms with Crippen LogP contribution in [-0.2, 0) is 26.0 Å². The number of likely N-dealkylation sites (tertiary alicyclic amines) is 1. The number of piperidine rings is 1. The summed E-state index contributed by atoms with van der Waals surface area (Å²) < 4.78 is 27.1. The summed E-state index contributed by atoms with van der Waals surface area (Å²) in [4.78, 5) is 31.3. The second-order valence-electron chi connectivity index (χ2n) is 9.03. The lowest BCUT2D eigenvalue weighted by Gasteiger charge is -2.35. The number of carbonyl (C=O) groups excluding carboxylic acids is 2. The normalized spacial score (nSPS) is 21.1. The van der Waals surface area contributed by atoms with Crippen LogP contribution < -0.4 is 0 Å². The fourth-order valence-electron chi connectivity index (χ4n) is 4.73. The van der Waals surface area contributed by atoms with Crippen LogP contribution in [0.1, 0.15) is 37.7 Å². The van der Waals surface area contributed by atoms with Gasteiger partial charge in [0.05, 0.1) is 17.9 Å². The van der Waals surface area contributed by atoms with E-state index in [1.807, 2.05) is 9.80 Å². The summed E-state index contributed by atoms with van der Waals surface area (Å²) in [5, 5.41) is 0. The van der Waals surface area contributed by atoms with Crippen LogP contribution in [-0.4, -0.2) is 98.1 Å². The predicted molar refractivity (Wildman–Crippen MR) is 122 cm³/mol. The minimum Gasteiger partial charge on any atom is -0.342 e. The van der Waals surface area contributed by atoms with Gasteiger partial charge in [-0.05, 0) is 43.4 Å². The Hall–Kier alpha value is -1.97. The molecule has 1 aromatic rings. The number of rotatable bonds is 6. The third-order valence-corrected chi connectivity index (χ3v) is 8.69. The third-order valence-electron chi connectivity index (χ3n) is 6.77. The van der Waals surface area contributed by atoms with Gasteiger partial charge in [-0.25, -0.2) is 8.42 Å². The lowest BCUT2D eigenvalue weighted by Crippen LogP contribution is -2.51. The molecule has 0 atom stereocenters. The highest BCUT2D eigenvalue weighted by Gasteiger charge is 2.27. The van der Waals surface area contributed by atoms with E-state index in [2.05, 4.69) is 4.90 Å². The van der Waals surface area contributed by atoms with Crippen LogP contribution >= 0.6 is 0 Å². The van der Waals surface area contributed by atoms with Crippen LogP contribution in [0.5, 0.6) is 0 Å². The molecule has 3 fully saturated rings. The Kier molecular flexibility index (Phi) is 7.48. The number of piperazine rings is 1. The number of sulfonamides is 1. The largest absolute Gasteiger partial charge is 0.342 e. The maximum Gasteiger partial charge on any atom is 0.243 e. The molecule has 4 rings (SSSR count). The monoisotopic (exact) mass is 462 g/mol. The summed E-state index contributed by atoms with van der Waals surface area (Å²) in [7, 11) is -3.45. The molecule has 3 aliphatic heterocycles. The lowest BCUT2D eigenvalue weighted by atomic mass is 10.1. The van der Waals surface area contributed by atoms with Crippen molar-refractivity contribution in [2.24, 2.45) is 0 Å². The van der Waals surface area contributed by atoms with E-state index in [4.69, 9.17) is 0 Å². The second kappa shape index (κ2) is 10.3. The van der Waals surface area contributed by atoms with Crippen molar-refractivity contribution in [3.05, 3.63) is 29.8 Å². The molecule has 0 radical (unpaired) electrons. The number of hydrogen-bond acceptors (Lipinski definition) is 5. The number of amides is 2. The molecule has 3 heterocycles. The molecule has 0 N–H and O–H groups in total. The SMILES string of the molecule is O=C(Cc1ccc(S(=O)(=O)N2CCCCC2)cc1)N1CCN(CC(=O)N2CCCC2)CC1. The highest BCUT2D eigenvalue weighted by Crippen LogP contribution is 2.21. The summed E-state index contributed by atoms with van der Waals surface area (Å²) in [6.07, 6.45) is 5.35. The first-order chi connectivity index (χ1) is 15.4. The Morgan fingerprint density at radius 3 is 1.88 bits per heavy atom. The molecule has 9 heteroatoms. The fourth-order valence-corrected chi connectivity index (χ4v) is 6.25. The molecule has 0 unspecified atom stereocenters. The predicted octanol–water partition coefficient (Wildman–Crippen LogP) is 1.17. The maximum atomic E-state index is 12.8. The van der Waals surface area contributed by atoms with Crippen molar-refractivity contribution in [3.8, 4) is 0 Å². The van der Waals surface area contributed by atoms with Crippen LogP contribution in [0.2, 0.25) is 0 Å². The Bertz CT molecular complexity index is 898. The summed E-state index contributed by atoms with van der Waals surface area (Å²) in [5.41, 5.74) is 0.819. The van der Waals surface area contributed by atoms with Crippen LogP contribution in [0, 0.1) is 0 Å². The van der Waals surface area contributed by atoms with Gasteiger partial charge >= 0.3 is 0 Å². The average Bonchev–Trinajstić information content (AvgIpc) is 3.36. The Morgan fingerprint density at radius 2 is 1.25 bits per heavy atom. The van der Waals surface area contributed by atoms with E-state index in [1.165, 1.54) is 0 Å². The molecule has 0 spiro atoms. The van der Waals surface area contributed by atoms with Crippen molar-refractivity contribution in [1.29, 1.82) is 0 Å². The molecule has 8 nitrogen and oxygen atoms in total. The van der Waals surface area contributed by atoms with Crippen molar-refractivity contribution in [2.75, 3.05) is 58.9 Å². The van der Waals surface area contributed by atoms with Gasteiger partial charge in [0, 0.05) is 52.4 Å². The number of nitrogens with zero attached hydrogens (tertiary/aromatic N) is 4. The second-order valence-corrected chi connectivity index (χ2v) is 11.0. The molecule has 2 amide bonds. The lowest BCUT2D eigenvalue weighted by molar-refractivity contribution is -0.134. The van der Waals surface area contributed by atoms with E-state index in [0.717, 1.165) is 50.8 Å². The van der Waals surface area contributed by atoms with Crippen LogP contribution in [0.25, 0.3) is 0 Å². The van der Waals surface area contributed by atoms with E-state index in [0.29, 0.717) is 50.7 Å². The average molecular weight is 463 g/mol. The van der Waals surface area contributed by atoms with Crippen molar-refractivity contribution >= 4 is 21.8 Å².